The van der Waals surface area contributed by atoms with Crippen LogP contribution in [0.2, 0.25) is 0 Å². The molecule has 0 aromatic carbocycles. The molecular formula is C14H30B5O2. The largest absolute Gasteiger partial charge is 0.300 e. The van der Waals surface area contributed by atoms with Gasteiger partial charge in [0, 0.05) is 43.4 Å². The van der Waals surface area contributed by atoms with Crippen molar-refractivity contribution in [3.05, 3.63) is 0 Å². The SMILES string of the molecule is CC(=O)C(C)(C)C.CC(C)(C)C.CC(C)=O.[B][B].[B][B][B]. The predicted octanol–water partition coefficient (Wildman–Crippen LogP) is 2.37. The summed E-state index contributed by atoms with van der Waals surface area (Å²) in [6, 6.07) is 0. The third kappa shape index (κ3) is 191. The van der Waals surface area contributed by atoms with E-state index in [0.29, 0.717) is 5.41 Å². The van der Waals surface area contributed by atoms with Crippen LogP contribution in [0.25, 0.3) is 0 Å². The van der Waals surface area contributed by atoms with Gasteiger partial charge in [-0.15, -0.1) is 0 Å². The number of rotatable bonds is 0. The second kappa shape index (κ2) is 19.7. The van der Waals surface area contributed by atoms with E-state index in [-0.39, 0.29) is 17.0 Å². The van der Waals surface area contributed by atoms with Gasteiger partial charge >= 0.3 is 0 Å². The Hall–Kier alpha value is -0.335. The lowest BCUT2D eigenvalue weighted by Gasteiger charge is -2.11. The van der Waals surface area contributed by atoms with Gasteiger partial charge in [0.05, 0.1) is 0 Å². The third-order valence-corrected chi connectivity index (χ3v) is 1.06. The molecule has 0 unspecified atom stereocenters. The van der Waals surface area contributed by atoms with Gasteiger partial charge in [-0.05, 0) is 26.2 Å². The van der Waals surface area contributed by atoms with Gasteiger partial charge in [0.1, 0.15) is 11.6 Å². The van der Waals surface area contributed by atoms with Crippen LogP contribution in [0, 0.1) is 10.8 Å². The summed E-state index contributed by atoms with van der Waals surface area (Å²) in [5.41, 5.74) is 0.361. The lowest BCUT2D eigenvalue weighted by atomic mass is 9.40. The molecule has 0 N–H and O–H groups in total. The smallest absolute Gasteiger partial charge is 0.135 e. The molecule has 113 valence electrons. The molecule has 0 aromatic rings. The molecule has 0 bridgehead atoms. The third-order valence-electron chi connectivity index (χ3n) is 1.06. The number of ketones is 2. The topological polar surface area (TPSA) is 34.1 Å². The van der Waals surface area contributed by atoms with Crippen molar-refractivity contribution in [2.75, 3.05) is 0 Å². The Morgan fingerprint density at radius 1 is 0.762 bits per heavy atom. The minimum atomic E-state index is -0.139. The quantitative estimate of drug-likeness (QED) is 0.640. The summed E-state index contributed by atoms with van der Waals surface area (Å²) in [6.07, 6.45) is 0. The van der Waals surface area contributed by atoms with E-state index >= 15 is 0 Å². The summed E-state index contributed by atoms with van der Waals surface area (Å²) in [4.78, 5) is 19.9. The lowest BCUT2D eigenvalue weighted by Crippen LogP contribution is -2.15. The molecular weight excluding hydrogens is 254 g/mol. The van der Waals surface area contributed by atoms with Crippen molar-refractivity contribution in [3.63, 3.8) is 0 Å². The molecule has 0 aliphatic heterocycles. The Bertz CT molecular complexity index is 220. The Morgan fingerprint density at radius 2 is 0.810 bits per heavy atom. The van der Waals surface area contributed by atoms with Crippen LogP contribution in [0.3, 0.4) is 0 Å². The van der Waals surface area contributed by atoms with Gasteiger partial charge in [-0.2, -0.15) is 0 Å². The van der Waals surface area contributed by atoms with E-state index in [4.69, 9.17) is 0 Å². The van der Waals surface area contributed by atoms with Crippen LogP contribution in [0.5, 0.6) is 0 Å². The van der Waals surface area contributed by atoms with Crippen LogP contribution >= 0.6 is 0 Å². The summed E-state index contributed by atoms with van der Waals surface area (Å²) in [5, 5.41) is 0. The van der Waals surface area contributed by atoms with Crippen LogP contribution in [-0.2, 0) is 9.59 Å². The van der Waals surface area contributed by atoms with Gasteiger partial charge in [-0.1, -0.05) is 48.5 Å². The molecule has 21 heavy (non-hydrogen) atoms. The van der Waals surface area contributed by atoms with Crippen LogP contribution in [0.15, 0.2) is 0 Å². The fraction of sp³-hybridized carbons (Fsp3) is 0.857. The molecule has 0 saturated carbocycles. The van der Waals surface area contributed by atoms with Crippen LogP contribution in [0.4, 0.5) is 0 Å². The van der Waals surface area contributed by atoms with E-state index in [1.165, 1.54) is 13.8 Å². The first-order chi connectivity index (χ1) is 9.09. The highest BCUT2D eigenvalue weighted by molar-refractivity contribution is 7.17. The maximum Gasteiger partial charge on any atom is 0.135 e. The number of hydrogen-bond acceptors (Lipinski definition) is 2. The molecule has 7 heteroatoms. The highest BCUT2D eigenvalue weighted by atomic mass is 16.1. The van der Waals surface area contributed by atoms with Gasteiger partial charge in [0.25, 0.3) is 0 Å². The molecule has 0 aliphatic rings. The fourth-order valence-corrected chi connectivity index (χ4v) is 0. The van der Waals surface area contributed by atoms with Crippen molar-refractivity contribution in [1.82, 2.24) is 0 Å². The predicted molar refractivity (Wildman–Crippen MR) is 100 cm³/mol. The van der Waals surface area contributed by atoms with Crippen LogP contribution in [-0.4, -0.2) is 49.6 Å². The van der Waals surface area contributed by atoms with Gasteiger partial charge in [-0.3, -0.25) is 4.79 Å². The summed E-state index contributed by atoms with van der Waals surface area (Å²) >= 11 is 0. The van der Waals surface area contributed by atoms with Gasteiger partial charge in [0.2, 0.25) is 0 Å². The standard InChI is InChI=1S/C6H12O.C5H12.C3H6O.B3.B2/c1-5(7)6(2,3)4;1-5(2,3)4;1-3(2)4;1-3-2;1-2/h1-4H3;1-4H3;1-2H3;;. The molecule has 2 nitrogen and oxygen atoms in total. The van der Waals surface area contributed by atoms with E-state index in [1.807, 2.05) is 20.8 Å². The average molecular weight is 284 g/mol. The Morgan fingerprint density at radius 3 is 0.810 bits per heavy atom. The molecule has 9 radical (unpaired) electrons. The Balaban J connectivity index is -0.0000000543. The molecule has 0 atom stereocenters. The number of carbonyl (C=O) groups is 2. The number of Topliss-reactive ketones (excluding diaryl/α,β-unsaturated/α-hetero) is 2. The zero-order valence-corrected chi connectivity index (χ0v) is 15.7. The van der Waals surface area contributed by atoms with Gasteiger partial charge in [0.15, 0.2) is 0 Å². The molecule has 0 heterocycles. The minimum absolute atomic E-state index is 0.139. The molecule has 0 saturated heterocycles. The number of carbonyl (C=O) groups excluding carboxylic acids is 2. The van der Waals surface area contributed by atoms with Crippen molar-refractivity contribution in [3.8, 4) is 0 Å². The maximum absolute atomic E-state index is 10.5. The van der Waals surface area contributed by atoms with E-state index in [2.05, 4.69) is 58.6 Å². The van der Waals surface area contributed by atoms with E-state index in [1.54, 1.807) is 6.92 Å². The fourth-order valence-electron chi connectivity index (χ4n) is 0. The first-order valence-corrected chi connectivity index (χ1v) is 6.66. The average Bonchev–Trinajstić information content (AvgIpc) is 2.16. The zero-order chi connectivity index (χ0) is 18.9. The zero-order valence-electron chi connectivity index (χ0n) is 15.7. The van der Waals surface area contributed by atoms with Crippen molar-refractivity contribution >= 4 is 49.6 Å². The summed E-state index contributed by atoms with van der Waals surface area (Å²) in [6.45, 7) is 19.2. The maximum atomic E-state index is 10.5. The molecule has 0 aliphatic carbocycles. The van der Waals surface area contributed by atoms with Crippen molar-refractivity contribution in [2.45, 2.75) is 69.2 Å². The van der Waals surface area contributed by atoms with Crippen LogP contribution in [0.1, 0.15) is 69.2 Å². The monoisotopic (exact) mass is 285 g/mol. The Labute approximate surface area is 139 Å². The number of hydrogen-bond donors (Lipinski definition) is 0. The van der Waals surface area contributed by atoms with E-state index < -0.39 is 0 Å². The van der Waals surface area contributed by atoms with E-state index in [9.17, 15) is 9.59 Å². The van der Waals surface area contributed by atoms with Crippen LogP contribution < -0.4 is 0 Å². The van der Waals surface area contributed by atoms with Crippen molar-refractivity contribution < 1.29 is 9.59 Å². The van der Waals surface area contributed by atoms with Crippen molar-refractivity contribution in [1.29, 1.82) is 0 Å². The van der Waals surface area contributed by atoms with Gasteiger partial charge in [-0.25, -0.2) is 0 Å². The molecule has 0 rings (SSSR count). The first kappa shape index (κ1) is 32.6. The lowest BCUT2D eigenvalue weighted by molar-refractivity contribution is -0.124. The second-order valence-corrected chi connectivity index (χ2v) is 6.91. The van der Waals surface area contributed by atoms with Crippen molar-refractivity contribution in [2.24, 2.45) is 10.8 Å². The summed E-state index contributed by atoms with van der Waals surface area (Å²) in [7, 11) is 18.0. The summed E-state index contributed by atoms with van der Waals surface area (Å²) < 4.78 is 0. The summed E-state index contributed by atoms with van der Waals surface area (Å²) in [5.74, 6) is 0.410. The minimum Gasteiger partial charge on any atom is -0.300 e. The highest BCUT2D eigenvalue weighted by Crippen LogP contribution is 2.12. The normalized spacial score (nSPS) is 8.67. The highest BCUT2D eigenvalue weighted by Gasteiger charge is 2.14. The molecule has 0 aromatic heterocycles. The van der Waals surface area contributed by atoms with Gasteiger partial charge < -0.3 is 4.79 Å². The first-order valence-electron chi connectivity index (χ1n) is 6.66. The molecule has 0 amide bonds. The molecule has 0 spiro atoms. The Kier molecular flexibility index (Phi) is 30.5. The second-order valence-electron chi connectivity index (χ2n) is 6.91. The van der Waals surface area contributed by atoms with E-state index in [0.717, 1.165) is 7.06 Å². The molecule has 0 fully saturated rings.